The predicted octanol–water partition coefficient (Wildman–Crippen LogP) is 0.866. The molecule has 0 spiro atoms. The van der Waals surface area contributed by atoms with E-state index in [2.05, 4.69) is 0 Å². The van der Waals surface area contributed by atoms with Gasteiger partial charge >= 0.3 is 6.18 Å². The number of rotatable bonds is 1. The zero-order valence-electron chi connectivity index (χ0n) is 9.79. The number of morpholine rings is 1. The van der Waals surface area contributed by atoms with E-state index in [9.17, 15) is 22.8 Å². The first-order valence-corrected chi connectivity index (χ1v) is 5.57. The van der Waals surface area contributed by atoms with Gasteiger partial charge in [0.1, 0.15) is 11.3 Å². The Hall–Kier alpha value is -1.83. The van der Waals surface area contributed by atoms with Gasteiger partial charge in [-0.2, -0.15) is 13.2 Å². The highest BCUT2D eigenvalue weighted by atomic mass is 19.4. The van der Waals surface area contributed by atoms with Crippen molar-refractivity contribution >= 4 is 5.91 Å². The summed E-state index contributed by atoms with van der Waals surface area (Å²) in [5.74, 6) is -0.585. The molecule has 1 aliphatic heterocycles. The Balaban J connectivity index is 2.26. The van der Waals surface area contributed by atoms with Crippen LogP contribution in [0.1, 0.15) is 16.1 Å². The van der Waals surface area contributed by atoms with Gasteiger partial charge in [-0.15, -0.1) is 0 Å². The third-order valence-corrected chi connectivity index (χ3v) is 2.74. The van der Waals surface area contributed by atoms with Gasteiger partial charge in [-0.1, -0.05) is 0 Å². The fourth-order valence-electron chi connectivity index (χ4n) is 1.74. The van der Waals surface area contributed by atoms with E-state index in [1.165, 1.54) is 4.90 Å². The van der Waals surface area contributed by atoms with Crippen LogP contribution in [0.3, 0.4) is 0 Å². The van der Waals surface area contributed by atoms with Crippen LogP contribution in [0.2, 0.25) is 0 Å². The minimum atomic E-state index is -4.64. The number of nitrogens with one attached hydrogen (secondary N) is 1. The first-order chi connectivity index (χ1) is 8.89. The van der Waals surface area contributed by atoms with Crippen molar-refractivity contribution < 1.29 is 22.7 Å². The molecular weight excluding hydrogens is 265 g/mol. The van der Waals surface area contributed by atoms with Crippen LogP contribution in [0.15, 0.2) is 16.9 Å². The van der Waals surface area contributed by atoms with Crippen LogP contribution >= 0.6 is 0 Å². The second-order valence-electron chi connectivity index (χ2n) is 4.02. The molecule has 0 saturated carbocycles. The number of amides is 1. The summed E-state index contributed by atoms with van der Waals surface area (Å²) in [6.45, 7) is 1.34. The zero-order chi connectivity index (χ0) is 14.0. The fourth-order valence-corrected chi connectivity index (χ4v) is 1.74. The number of nitrogens with zero attached hydrogens (tertiary/aromatic N) is 1. The number of aromatic nitrogens is 1. The summed E-state index contributed by atoms with van der Waals surface area (Å²) in [6, 6.07) is 1.59. The highest BCUT2D eigenvalue weighted by Gasteiger charge is 2.32. The van der Waals surface area contributed by atoms with Crippen LogP contribution in [0.5, 0.6) is 0 Å². The Labute approximate surface area is 106 Å². The summed E-state index contributed by atoms with van der Waals surface area (Å²) < 4.78 is 42.2. The second kappa shape index (κ2) is 5.04. The van der Waals surface area contributed by atoms with Gasteiger partial charge in [0.15, 0.2) is 0 Å². The van der Waals surface area contributed by atoms with Crippen molar-refractivity contribution in [3.63, 3.8) is 0 Å². The van der Waals surface area contributed by atoms with E-state index in [0.29, 0.717) is 32.4 Å². The quantitative estimate of drug-likeness (QED) is 0.827. The molecule has 1 amide bonds. The van der Waals surface area contributed by atoms with Crippen molar-refractivity contribution in [2.45, 2.75) is 6.18 Å². The molecule has 2 rings (SSSR count). The van der Waals surface area contributed by atoms with Crippen molar-refractivity contribution in [1.82, 2.24) is 9.88 Å². The first-order valence-electron chi connectivity index (χ1n) is 5.57. The molecule has 2 heterocycles. The molecule has 19 heavy (non-hydrogen) atoms. The zero-order valence-corrected chi connectivity index (χ0v) is 9.79. The third kappa shape index (κ3) is 2.95. The SMILES string of the molecule is O=C(c1ccc(C(F)(F)F)[nH]c1=O)N1CCOCC1. The highest BCUT2D eigenvalue weighted by molar-refractivity contribution is 5.93. The van der Waals surface area contributed by atoms with Gasteiger partial charge in [-0.3, -0.25) is 9.59 Å². The molecule has 104 valence electrons. The summed E-state index contributed by atoms with van der Waals surface area (Å²) in [6.07, 6.45) is -4.64. The molecule has 1 N–H and O–H groups in total. The lowest BCUT2D eigenvalue weighted by molar-refractivity contribution is -0.141. The van der Waals surface area contributed by atoms with Gasteiger partial charge in [0.25, 0.3) is 11.5 Å². The highest BCUT2D eigenvalue weighted by Crippen LogP contribution is 2.26. The fraction of sp³-hybridized carbons (Fsp3) is 0.455. The molecule has 0 aromatic carbocycles. The number of carbonyl (C=O) groups is 1. The van der Waals surface area contributed by atoms with Gasteiger partial charge in [-0.05, 0) is 12.1 Å². The van der Waals surface area contributed by atoms with Crippen molar-refractivity contribution in [3.05, 3.63) is 33.7 Å². The molecule has 1 aromatic heterocycles. The van der Waals surface area contributed by atoms with Crippen LogP contribution in [0.25, 0.3) is 0 Å². The Kier molecular flexibility index (Phi) is 3.61. The molecule has 0 radical (unpaired) electrons. The molecule has 5 nitrogen and oxygen atoms in total. The molecule has 0 atom stereocenters. The van der Waals surface area contributed by atoms with Crippen LogP contribution in [0.4, 0.5) is 13.2 Å². The van der Waals surface area contributed by atoms with Gasteiger partial charge < -0.3 is 14.6 Å². The lowest BCUT2D eigenvalue weighted by Gasteiger charge is -2.26. The minimum Gasteiger partial charge on any atom is -0.378 e. The summed E-state index contributed by atoms with van der Waals surface area (Å²) in [5, 5.41) is 0. The number of hydrogen-bond donors (Lipinski definition) is 1. The van der Waals surface area contributed by atoms with E-state index in [4.69, 9.17) is 4.74 Å². The topological polar surface area (TPSA) is 62.4 Å². The summed E-state index contributed by atoms with van der Waals surface area (Å²) in [5.41, 5.74) is -2.50. The number of hydrogen-bond acceptors (Lipinski definition) is 3. The van der Waals surface area contributed by atoms with E-state index >= 15 is 0 Å². The maximum absolute atomic E-state index is 12.4. The van der Waals surface area contributed by atoms with E-state index in [-0.39, 0.29) is 5.56 Å². The molecule has 0 unspecified atom stereocenters. The number of carbonyl (C=O) groups excluding carboxylic acids is 1. The smallest absolute Gasteiger partial charge is 0.378 e. The Morgan fingerprint density at radius 2 is 1.89 bits per heavy atom. The Morgan fingerprint density at radius 1 is 1.26 bits per heavy atom. The molecule has 0 bridgehead atoms. The number of pyridine rings is 1. The van der Waals surface area contributed by atoms with Gasteiger partial charge in [-0.25, -0.2) is 0 Å². The van der Waals surface area contributed by atoms with Crippen LogP contribution in [-0.4, -0.2) is 42.1 Å². The molecule has 1 aromatic rings. The molecule has 8 heteroatoms. The van der Waals surface area contributed by atoms with E-state index < -0.39 is 23.3 Å². The van der Waals surface area contributed by atoms with Crippen molar-refractivity contribution in [2.75, 3.05) is 26.3 Å². The number of ether oxygens (including phenoxy) is 1. The van der Waals surface area contributed by atoms with Crippen molar-refractivity contribution in [1.29, 1.82) is 0 Å². The second-order valence-corrected chi connectivity index (χ2v) is 4.02. The predicted molar refractivity (Wildman–Crippen MR) is 58.8 cm³/mol. The maximum atomic E-state index is 12.4. The molecule has 1 fully saturated rings. The summed E-state index contributed by atoms with van der Waals surface area (Å²) >= 11 is 0. The molecule has 0 aliphatic carbocycles. The number of aromatic amines is 1. The lowest BCUT2D eigenvalue weighted by atomic mass is 10.2. The lowest BCUT2D eigenvalue weighted by Crippen LogP contribution is -2.42. The van der Waals surface area contributed by atoms with Gasteiger partial charge in [0.2, 0.25) is 0 Å². The first kappa shape index (κ1) is 13.6. The van der Waals surface area contributed by atoms with Crippen LogP contribution < -0.4 is 5.56 Å². The Morgan fingerprint density at radius 3 is 2.42 bits per heavy atom. The molecule has 1 aliphatic rings. The number of halogens is 3. The van der Waals surface area contributed by atoms with Crippen molar-refractivity contribution in [2.24, 2.45) is 0 Å². The average Bonchev–Trinajstić information content (AvgIpc) is 2.38. The van der Waals surface area contributed by atoms with E-state index in [1.54, 1.807) is 4.98 Å². The van der Waals surface area contributed by atoms with E-state index in [1.807, 2.05) is 0 Å². The number of alkyl halides is 3. The monoisotopic (exact) mass is 276 g/mol. The molecule has 1 saturated heterocycles. The Bertz CT molecular complexity index is 533. The summed E-state index contributed by atoms with van der Waals surface area (Å²) in [7, 11) is 0. The summed E-state index contributed by atoms with van der Waals surface area (Å²) in [4.78, 5) is 26.5. The largest absolute Gasteiger partial charge is 0.431 e. The maximum Gasteiger partial charge on any atom is 0.431 e. The van der Waals surface area contributed by atoms with Gasteiger partial charge in [0.05, 0.1) is 13.2 Å². The van der Waals surface area contributed by atoms with E-state index in [0.717, 1.165) is 6.07 Å². The van der Waals surface area contributed by atoms with Gasteiger partial charge in [0, 0.05) is 13.1 Å². The normalized spacial score (nSPS) is 16.5. The minimum absolute atomic E-state index is 0.296. The van der Waals surface area contributed by atoms with Crippen molar-refractivity contribution in [3.8, 4) is 0 Å². The number of H-pyrrole nitrogens is 1. The molecular formula is C11H11F3N2O3. The third-order valence-electron chi connectivity index (χ3n) is 2.74. The van der Waals surface area contributed by atoms with Crippen LogP contribution in [0, 0.1) is 0 Å². The standard InChI is InChI=1S/C11H11F3N2O3/c12-11(13,14)8-2-1-7(9(17)15-8)10(18)16-3-5-19-6-4-16/h1-2H,3-6H2,(H,15,17). The average molecular weight is 276 g/mol. The van der Waals surface area contributed by atoms with Crippen LogP contribution in [-0.2, 0) is 10.9 Å².